The molecule has 0 aliphatic heterocycles. The number of hydrogen-bond donors (Lipinski definition) is 3. The predicted molar refractivity (Wildman–Crippen MR) is 86.7 cm³/mol. The van der Waals surface area contributed by atoms with Gasteiger partial charge in [-0.05, 0) is 43.4 Å². The smallest absolute Gasteiger partial charge is 0.238 e. The fourth-order valence-corrected chi connectivity index (χ4v) is 3.38. The summed E-state index contributed by atoms with van der Waals surface area (Å²) in [7, 11) is -3.65. The number of nitrogens with one attached hydrogen (secondary N) is 1. The molecule has 1 saturated carbocycles. The zero-order valence-corrected chi connectivity index (χ0v) is 14.2. The molecular formula is C16H26N2O3S. The summed E-state index contributed by atoms with van der Waals surface area (Å²) in [4.78, 5) is 0.123. The number of aliphatic hydroxyl groups excluding tert-OH is 1. The molecule has 0 radical (unpaired) electrons. The van der Waals surface area contributed by atoms with E-state index in [0.29, 0.717) is 0 Å². The second-order valence-corrected chi connectivity index (χ2v) is 8.33. The Morgan fingerprint density at radius 3 is 2.18 bits per heavy atom. The monoisotopic (exact) mass is 326 g/mol. The first kappa shape index (κ1) is 17.4. The second kappa shape index (κ2) is 6.28. The number of sulfonamides is 1. The molecule has 5 nitrogen and oxygen atoms in total. The van der Waals surface area contributed by atoms with Gasteiger partial charge in [0.15, 0.2) is 0 Å². The minimum atomic E-state index is -3.65. The second-order valence-electron chi connectivity index (χ2n) is 6.77. The molecule has 0 unspecified atom stereocenters. The van der Waals surface area contributed by atoms with Crippen molar-refractivity contribution >= 4 is 10.0 Å². The number of rotatable bonds is 7. The van der Waals surface area contributed by atoms with E-state index >= 15 is 0 Å². The van der Waals surface area contributed by atoms with E-state index < -0.39 is 10.0 Å². The molecule has 0 saturated heterocycles. The maximum absolute atomic E-state index is 11.3. The third-order valence-electron chi connectivity index (χ3n) is 4.62. The van der Waals surface area contributed by atoms with Crippen LogP contribution >= 0.6 is 0 Å². The highest BCUT2D eigenvalue weighted by Gasteiger charge is 2.49. The van der Waals surface area contributed by atoms with E-state index in [1.807, 2.05) is 20.8 Å². The fraction of sp³-hybridized carbons (Fsp3) is 0.625. The topological polar surface area (TPSA) is 92.4 Å². The molecule has 1 aliphatic carbocycles. The van der Waals surface area contributed by atoms with Crippen LogP contribution in [0, 0.1) is 11.3 Å². The lowest BCUT2D eigenvalue weighted by molar-refractivity contribution is 0.0491. The molecule has 0 aromatic heterocycles. The summed E-state index contributed by atoms with van der Waals surface area (Å²) in [6.07, 6.45) is 1.82. The molecule has 0 heterocycles. The summed E-state index contributed by atoms with van der Waals surface area (Å²) >= 11 is 0. The summed E-state index contributed by atoms with van der Waals surface area (Å²) in [6, 6.07) is 6.69. The highest BCUT2D eigenvalue weighted by Crippen LogP contribution is 2.50. The molecule has 2 atom stereocenters. The van der Waals surface area contributed by atoms with Crippen LogP contribution in [-0.2, 0) is 10.0 Å². The van der Waals surface area contributed by atoms with Gasteiger partial charge in [-0.1, -0.05) is 26.0 Å². The van der Waals surface area contributed by atoms with Crippen LogP contribution in [-0.4, -0.2) is 26.2 Å². The standard InChI is InChI=1S/C16H26N2O3S/c1-11(2)15(19)16(8-9-16)10-18-12(3)13-4-6-14(7-5-13)22(17,20)21/h4-7,11-12,15,18-19H,8-10H2,1-3H3,(H2,17,20,21)/t12-,15+/m1/s1. The van der Waals surface area contributed by atoms with Crippen LogP contribution in [0.5, 0.6) is 0 Å². The van der Waals surface area contributed by atoms with Crippen LogP contribution in [0.25, 0.3) is 0 Å². The lowest BCUT2D eigenvalue weighted by Gasteiger charge is -2.27. The number of nitrogens with two attached hydrogens (primary N) is 1. The van der Waals surface area contributed by atoms with Gasteiger partial charge in [0.25, 0.3) is 0 Å². The maximum atomic E-state index is 11.3. The highest BCUT2D eigenvalue weighted by atomic mass is 32.2. The quantitative estimate of drug-likeness (QED) is 0.712. The Kier molecular flexibility index (Phi) is 4.96. The maximum Gasteiger partial charge on any atom is 0.238 e. The number of benzene rings is 1. The molecule has 22 heavy (non-hydrogen) atoms. The van der Waals surface area contributed by atoms with Gasteiger partial charge in [0.1, 0.15) is 0 Å². The largest absolute Gasteiger partial charge is 0.392 e. The molecular weight excluding hydrogens is 300 g/mol. The van der Waals surface area contributed by atoms with E-state index in [1.54, 1.807) is 12.1 Å². The molecule has 0 bridgehead atoms. The van der Waals surface area contributed by atoms with Crippen LogP contribution in [0.2, 0.25) is 0 Å². The Balaban J connectivity index is 1.97. The zero-order valence-electron chi connectivity index (χ0n) is 13.4. The summed E-state index contributed by atoms with van der Waals surface area (Å²) in [5.74, 6) is 0.258. The van der Waals surface area contributed by atoms with Crippen molar-refractivity contribution in [2.45, 2.75) is 50.7 Å². The fourth-order valence-electron chi connectivity index (χ4n) is 2.87. The summed E-state index contributed by atoms with van der Waals surface area (Å²) in [6.45, 7) is 6.88. The third kappa shape index (κ3) is 3.87. The molecule has 2 rings (SSSR count). The molecule has 1 aromatic carbocycles. The molecule has 1 fully saturated rings. The minimum absolute atomic E-state index is 0.00294. The summed E-state index contributed by atoms with van der Waals surface area (Å²) in [5, 5.41) is 18.9. The van der Waals surface area contributed by atoms with Crippen LogP contribution in [0.3, 0.4) is 0 Å². The molecule has 1 aromatic rings. The molecule has 0 spiro atoms. The van der Waals surface area contributed by atoms with Crippen molar-refractivity contribution in [1.82, 2.24) is 5.32 Å². The normalized spacial score (nSPS) is 19.9. The number of hydrogen-bond acceptors (Lipinski definition) is 4. The van der Waals surface area contributed by atoms with E-state index in [2.05, 4.69) is 5.32 Å². The highest BCUT2D eigenvalue weighted by molar-refractivity contribution is 7.89. The molecule has 1 aliphatic rings. The van der Waals surface area contributed by atoms with Crippen LogP contribution in [0.15, 0.2) is 29.2 Å². The molecule has 6 heteroatoms. The van der Waals surface area contributed by atoms with E-state index in [1.165, 1.54) is 12.1 Å². The number of aliphatic hydroxyl groups is 1. The Labute approximate surface area is 133 Å². The number of primary sulfonamides is 1. The molecule has 124 valence electrons. The lowest BCUT2D eigenvalue weighted by atomic mass is 9.90. The van der Waals surface area contributed by atoms with Crippen molar-refractivity contribution in [3.05, 3.63) is 29.8 Å². The van der Waals surface area contributed by atoms with Gasteiger partial charge in [-0.25, -0.2) is 13.6 Å². The first-order chi connectivity index (χ1) is 10.2. The van der Waals surface area contributed by atoms with E-state index in [0.717, 1.165) is 24.9 Å². The minimum Gasteiger partial charge on any atom is -0.392 e. The first-order valence-corrected chi connectivity index (χ1v) is 9.24. The SMILES string of the molecule is CC(C)[C@H](O)C1(CN[C@H](C)c2ccc(S(N)(=O)=O)cc2)CC1. The van der Waals surface area contributed by atoms with Crippen molar-refractivity contribution in [3.8, 4) is 0 Å². The van der Waals surface area contributed by atoms with Gasteiger partial charge in [-0.2, -0.15) is 0 Å². The van der Waals surface area contributed by atoms with Crippen LogP contribution < -0.4 is 10.5 Å². The Morgan fingerprint density at radius 2 is 1.77 bits per heavy atom. The Bertz CT molecular complexity index is 607. The zero-order chi connectivity index (χ0) is 16.5. The van der Waals surface area contributed by atoms with Gasteiger partial charge in [0, 0.05) is 18.0 Å². The van der Waals surface area contributed by atoms with Crippen LogP contribution in [0.4, 0.5) is 0 Å². The van der Waals surface area contributed by atoms with Crippen molar-refractivity contribution < 1.29 is 13.5 Å². The molecule has 0 amide bonds. The Hall–Kier alpha value is -0.950. The lowest BCUT2D eigenvalue weighted by Crippen LogP contribution is -2.37. The first-order valence-electron chi connectivity index (χ1n) is 7.70. The van der Waals surface area contributed by atoms with Gasteiger partial charge >= 0.3 is 0 Å². The van der Waals surface area contributed by atoms with Crippen LogP contribution in [0.1, 0.15) is 45.2 Å². The van der Waals surface area contributed by atoms with E-state index in [9.17, 15) is 13.5 Å². The molecule has 4 N–H and O–H groups in total. The third-order valence-corrected chi connectivity index (χ3v) is 5.55. The summed E-state index contributed by atoms with van der Waals surface area (Å²) < 4.78 is 22.5. The predicted octanol–water partition coefficient (Wildman–Crippen LogP) is 1.78. The van der Waals surface area contributed by atoms with E-state index in [-0.39, 0.29) is 28.4 Å². The average molecular weight is 326 g/mol. The van der Waals surface area contributed by atoms with E-state index in [4.69, 9.17) is 5.14 Å². The van der Waals surface area contributed by atoms with Gasteiger partial charge in [0.05, 0.1) is 11.0 Å². The van der Waals surface area contributed by atoms with Crippen molar-refractivity contribution in [2.75, 3.05) is 6.54 Å². The van der Waals surface area contributed by atoms with Crippen molar-refractivity contribution in [3.63, 3.8) is 0 Å². The van der Waals surface area contributed by atoms with Crippen molar-refractivity contribution in [2.24, 2.45) is 16.5 Å². The van der Waals surface area contributed by atoms with Gasteiger partial charge < -0.3 is 10.4 Å². The Morgan fingerprint density at radius 1 is 1.23 bits per heavy atom. The van der Waals surface area contributed by atoms with Gasteiger partial charge in [-0.15, -0.1) is 0 Å². The van der Waals surface area contributed by atoms with Gasteiger partial charge in [-0.3, -0.25) is 0 Å². The van der Waals surface area contributed by atoms with Crippen molar-refractivity contribution in [1.29, 1.82) is 0 Å². The summed E-state index contributed by atoms with van der Waals surface area (Å²) in [5.41, 5.74) is 1.01. The average Bonchev–Trinajstić information content (AvgIpc) is 3.24. The van der Waals surface area contributed by atoms with Gasteiger partial charge in [0.2, 0.25) is 10.0 Å².